The number of β-amino-alcohol motifs (C(OH)–C–C–N with tert-alkyl or cyclic N) is 1. The second kappa shape index (κ2) is 25.1. The minimum absolute atomic E-state index is 0.00998. The van der Waals surface area contributed by atoms with Gasteiger partial charge in [0.2, 0.25) is 27.7 Å². The first kappa shape index (κ1) is 61.8. The molecule has 5 N–H and O–H groups in total. The Hall–Kier alpha value is -7.40. The molecule has 4 atom stereocenters. The molecule has 2 aliphatic heterocycles. The smallest absolute Gasteiger partial charge is 0.284 e. The van der Waals surface area contributed by atoms with Crippen molar-refractivity contribution in [3.8, 4) is 21.6 Å². The number of benzene rings is 3. The van der Waals surface area contributed by atoms with Crippen LogP contribution in [-0.4, -0.2) is 110 Å². The average molecular weight is 1260 g/mol. The fourth-order valence-electron chi connectivity index (χ4n) is 15.0. The van der Waals surface area contributed by atoms with E-state index in [0.29, 0.717) is 60.0 Å². The highest BCUT2D eigenvalue weighted by atomic mass is 32.2. The number of hydrogen-bond donors (Lipinski definition) is 5. The summed E-state index contributed by atoms with van der Waals surface area (Å²) in [5, 5.41) is 25.2. The predicted octanol–water partition coefficient (Wildman–Crippen LogP) is 10.3. The number of nitrogens with one attached hydrogen (secondary N) is 4. The van der Waals surface area contributed by atoms with Crippen LogP contribution in [0.2, 0.25) is 0 Å². The normalized spacial score (nSPS) is 22.0. The maximum absolute atomic E-state index is 14.7. The van der Waals surface area contributed by atoms with Crippen LogP contribution in [0, 0.1) is 42.4 Å². The number of aryl methyl sites for hydroxylation is 1. The number of likely N-dealkylation sites (tertiary alicyclic amines) is 1. The lowest BCUT2D eigenvalue weighted by Gasteiger charge is -2.56. The van der Waals surface area contributed by atoms with Crippen LogP contribution >= 0.6 is 22.7 Å². The van der Waals surface area contributed by atoms with Gasteiger partial charge in [-0.2, -0.15) is 5.10 Å². The van der Waals surface area contributed by atoms with E-state index in [1.165, 1.54) is 54.8 Å². The van der Waals surface area contributed by atoms with Crippen LogP contribution in [0.4, 0.5) is 10.9 Å². The van der Waals surface area contributed by atoms with Crippen molar-refractivity contribution in [1.29, 1.82) is 0 Å². The first-order valence-electron chi connectivity index (χ1n) is 31.3. The van der Waals surface area contributed by atoms with E-state index in [2.05, 4.69) is 35.3 Å². The maximum atomic E-state index is 14.7. The van der Waals surface area contributed by atoms with Crippen molar-refractivity contribution in [3.05, 3.63) is 130 Å². The number of aromatic nitrogens is 5. The molecule has 4 bridgehead atoms. The van der Waals surface area contributed by atoms with Crippen molar-refractivity contribution >= 4 is 83.4 Å². The summed E-state index contributed by atoms with van der Waals surface area (Å²) in [7, 11) is -4.23. The quantitative estimate of drug-likeness (QED) is 0.0446. The lowest BCUT2D eigenvalue weighted by atomic mass is 9.49. The number of fused-ring (bicyclic) bond motifs is 2. The number of sulfonamides is 1. The Labute approximate surface area is 528 Å². The number of unbranched alkanes of at least 4 members (excludes halogenated alkanes) is 2. The first-order chi connectivity index (χ1) is 42.6. The third-order valence-electron chi connectivity index (χ3n) is 19.1. The van der Waals surface area contributed by atoms with Gasteiger partial charge in [-0.3, -0.25) is 34.0 Å². The number of aliphatic hydroxyl groups excluding tert-OH is 1. The summed E-state index contributed by atoms with van der Waals surface area (Å²) < 4.78 is 33.2. The molecule has 5 amide bonds. The van der Waals surface area contributed by atoms with Crippen molar-refractivity contribution in [3.63, 3.8) is 0 Å². The molecular formula is C67H79N11O8S3. The van der Waals surface area contributed by atoms with Crippen LogP contribution in [-0.2, 0) is 43.9 Å². The molecule has 4 saturated carbocycles. The van der Waals surface area contributed by atoms with E-state index in [9.17, 15) is 37.5 Å². The Bertz CT molecular complexity index is 3890. The topological polar surface area (TPSA) is 251 Å². The zero-order valence-electron chi connectivity index (χ0n) is 51.4. The average Bonchev–Trinajstić information content (AvgIpc) is 1.47. The van der Waals surface area contributed by atoms with Gasteiger partial charge in [-0.05, 0) is 160 Å². The van der Waals surface area contributed by atoms with Crippen LogP contribution in [0.15, 0.2) is 90.6 Å². The summed E-state index contributed by atoms with van der Waals surface area (Å²) in [5.41, 5.74) is 9.15. The van der Waals surface area contributed by atoms with Crippen LogP contribution in [0.5, 0.6) is 0 Å². The molecule has 468 valence electrons. The number of thiazole rings is 2. The van der Waals surface area contributed by atoms with Gasteiger partial charge in [0.15, 0.2) is 5.13 Å². The third-order valence-corrected chi connectivity index (χ3v) is 22.4. The molecule has 13 rings (SSSR count). The van der Waals surface area contributed by atoms with Crippen molar-refractivity contribution in [2.45, 2.75) is 156 Å². The zero-order valence-corrected chi connectivity index (χ0v) is 53.8. The van der Waals surface area contributed by atoms with Crippen molar-refractivity contribution in [2.75, 3.05) is 29.1 Å². The monoisotopic (exact) mass is 1260 g/mol. The number of carbonyl (C=O) groups excluding carboxylic acids is 5. The number of pyridine rings is 1. The molecule has 0 radical (unpaired) electrons. The van der Waals surface area contributed by atoms with Crippen molar-refractivity contribution < 1.29 is 37.5 Å². The van der Waals surface area contributed by atoms with Gasteiger partial charge in [0, 0.05) is 61.4 Å². The zero-order chi connectivity index (χ0) is 62.5. The number of para-hydroxylation sites is 1. The Morgan fingerprint density at radius 1 is 0.831 bits per heavy atom. The molecule has 3 aromatic carbocycles. The SMILES string of the molecule is Cc1ncsc1-c1ccc([C@H](C)NC(=O)[C@@H]2C[C@H](O)CN2C(=O)[C@@H](NC(=O)CCCCCS(=O)(=O)NC(=O)c2nc(N3CCc4cccc(C(=O)Nc5nc6ccccc6s5)c4C3)ccc2-c2cnn(CC34CC5CC(CC(C5)C3)C4)c2C)C(C)(C)C)cc1. The van der Waals surface area contributed by atoms with Gasteiger partial charge in [-0.1, -0.05) is 87.1 Å². The number of anilines is 2. The van der Waals surface area contributed by atoms with Gasteiger partial charge in [-0.15, -0.1) is 11.3 Å². The summed E-state index contributed by atoms with van der Waals surface area (Å²) in [5.74, 6) is -0.141. The summed E-state index contributed by atoms with van der Waals surface area (Å²) >= 11 is 2.96. The molecule has 0 unspecified atom stereocenters. The fraction of sp³-hybridized carbons (Fsp3) is 0.478. The van der Waals surface area contributed by atoms with Gasteiger partial charge in [0.25, 0.3) is 11.8 Å². The van der Waals surface area contributed by atoms with Crippen molar-refractivity contribution in [1.82, 2.24) is 45.0 Å². The van der Waals surface area contributed by atoms with Crippen LogP contribution in [0.1, 0.15) is 153 Å². The Morgan fingerprint density at radius 2 is 1.57 bits per heavy atom. The van der Waals surface area contributed by atoms with Gasteiger partial charge < -0.3 is 25.5 Å². The van der Waals surface area contributed by atoms with E-state index in [1.807, 2.05) is 119 Å². The molecular weight excluding hydrogens is 1180 g/mol. The second-order valence-electron chi connectivity index (χ2n) is 26.8. The van der Waals surface area contributed by atoms with Crippen LogP contribution in [0.25, 0.3) is 31.8 Å². The second-order valence-corrected chi connectivity index (χ2v) is 30.5. The molecule has 89 heavy (non-hydrogen) atoms. The molecule has 6 aliphatic rings. The van der Waals surface area contributed by atoms with E-state index < -0.39 is 69.0 Å². The molecule has 22 heteroatoms. The van der Waals surface area contributed by atoms with E-state index >= 15 is 0 Å². The standard InChI is InChI=1S/C67H79N11O8S3/c1-39(45-18-20-47(21-19-45)59-40(2)68-38-87-59)70-62(82)54-30-48(79)35-77(54)64(84)60(66(4,5)6)73-57(80)17-8-7-11-26-89(85,86)75-63(83)58-49(51-34-69-78(41(51)3)37-67-31-42-27-43(32-67)29-44(28-42)33-67)22-23-56(72-58)76-25-24-46-13-12-14-50(52(46)36-76)61(81)74-65-71-53-15-9-10-16-55(53)88-65/h9-10,12-16,18-23,34,38-39,42-44,48,54,60,79H,7-8,11,17,24-33,35-37H2,1-6H3,(H,70,82)(H,73,80)(H,75,83)(H,71,74,81)/t39-,42?,43?,44?,48-,54-,60+,67?/m0/s1. The van der Waals surface area contributed by atoms with Crippen LogP contribution < -0.4 is 25.6 Å². The lowest BCUT2D eigenvalue weighted by Crippen LogP contribution is -2.57. The van der Waals surface area contributed by atoms with Gasteiger partial charge in [0.05, 0.1) is 50.4 Å². The highest BCUT2D eigenvalue weighted by Crippen LogP contribution is 2.60. The number of amides is 5. The Balaban J connectivity index is 0.695. The lowest BCUT2D eigenvalue weighted by molar-refractivity contribution is -0.144. The van der Waals surface area contributed by atoms with Crippen LogP contribution in [0.3, 0.4) is 0 Å². The maximum Gasteiger partial charge on any atom is 0.284 e. The van der Waals surface area contributed by atoms with Crippen molar-refractivity contribution in [2.24, 2.45) is 28.6 Å². The molecule has 4 aromatic heterocycles. The highest BCUT2D eigenvalue weighted by molar-refractivity contribution is 7.90. The number of carbonyl (C=O) groups is 5. The van der Waals surface area contributed by atoms with E-state index in [-0.39, 0.29) is 42.8 Å². The first-order valence-corrected chi connectivity index (χ1v) is 34.6. The summed E-state index contributed by atoms with van der Waals surface area (Å²) in [4.78, 5) is 88.9. The summed E-state index contributed by atoms with van der Waals surface area (Å²) in [6.45, 7) is 12.8. The summed E-state index contributed by atoms with van der Waals surface area (Å²) in [6.07, 6.45) is 9.79. The number of rotatable bonds is 20. The minimum atomic E-state index is -4.23. The highest BCUT2D eigenvalue weighted by Gasteiger charge is 2.51. The summed E-state index contributed by atoms with van der Waals surface area (Å²) in [6, 6.07) is 22.6. The molecule has 6 heterocycles. The van der Waals surface area contributed by atoms with Gasteiger partial charge in [0.1, 0.15) is 23.6 Å². The molecule has 5 fully saturated rings. The largest absolute Gasteiger partial charge is 0.391 e. The Morgan fingerprint density at radius 3 is 2.28 bits per heavy atom. The molecule has 19 nitrogen and oxygen atoms in total. The van der Waals surface area contributed by atoms with E-state index in [0.717, 1.165) is 73.0 Å². The fourth-order valence-corrected chi connectivity index (χ4v) is 17.7. The molecule has 1 saturated heterocycles. The molecule has 7 aromatic rings. The minimum Gasteiger partial charge on any atom is -0.391 e. The van der Waals surface area contributed by atoms with E-state index in [4.69, 9.17) is 10.1 Å². The number of nitrogens with zero attached hydrogens (tertiary/aromatic N) is 7. The Kier molecular flexibility index (Phi) is 17.4. The van der Waals surface area contributed by atoms with E-state index in [1.54, 1.807) is 29.1 Å². The van der Waals surface area contributed by atoms with Gasteiger partial charge in [-0.25, -0.2) is 28.1 Å². The molecule has 4 aliphatic carbocycles. The number of hydrogen-bond acceptors (Lipinski definition) is 15. The predicted molar refractivity (Wildman–Crippen MR) is 346 cm³/mol. The van der Waals surface area contributed by atoms with Gasteiger partial charge >= 0.3 is 0 Å². The molecule has 0 spiro atoms. The third kappa shape index (κ3) is 13.4. The number of aliphatic hydroxyl groups is 1.